The van der Waals surface area contributed by atoms with Gasteiger partial charge in [0.05, 0.1) is 53.4 Å². The molecule has 0 saturated heterocycles. The van der Waals surface area contributed by atoms with Gasteiger partial charge < -0.3 is 9.47 Å². The number of amides is 2. The number of thiophene rings is 1. The van der Waals surface area contributed by atoms with Crippen LogP contribution < -0.4 is 19.4 Å². The number of hydrazone groups is 1. The molecule has 2 aliphatic heterocycles. The number of anilines is 2. The highest BCUT2D eigenvalue weighted by Crippen LogP contribution is 2.42. The number of imide groups is 1. The van der Waals surface area contributed by atoms with Crippen LogP contribution in [0.2, 0.25) is 0 Å². The molecular weight excluding hydrogens is 648 g/mol. The van der Waals surface area contributed by atoms with Gasteiger partial charge in [0.25, 0.3) is 11.8 Å². The minimum absolute atomic E-state index is 0. The van der Waals surface area contributed by atoms with E-state index in [4.69, 9.17) is 19.6 Å². The second-order valence-corrected chi connectivity index (χ2v) is 11.5. The van der Waals surface area contributed by atoms with Crippen molar-refractivity contribution < 1.29 is 19.1 Å². The molecule has 216 valence electrons. The molecule has 2 aliphatic rings. The van der Waals surface area contributed by atoms with Crippen molar-refractivity contribution in [1.82, 2.24) is 4.98 Å². The quantitative estimate of drug-likeness (QED) is 0.165. The fourth-order valence-electron chi connectivity index (χ4n) is 5.31. The molecule has 1 unspecified atom stereocenters. The Hall–Kier alpha value is -4.32. The molecule has 0 bridgehead atoms. The van der Waals surface area contributed by atoms with Gasteiger partial charge in [-0.1, -0.05) is 36.4 Å². The summed E-state index contributed by atoms with van der Waals surface area (Å²) in [4.78, 5) is 33.1. The number of carbonyl (C=O) groups excluding carboxylic acids is 2. The largest absolute Gasteiger partial charge is 0.493 e. The third kappa shape index (κ3) is 5.03. The average Bonchev–Trinajstić information content (AvgIpc) is 3.84. The summed E-state index contributed by atoms with van der Waals surface area (Å²) in [5, 5.41) is 11.8. The van der Waals surface area contributed by atoms with Crippen molar-refractivity contribution in [3.05, 3.63) is 111 Å². The van der Waals surface area contributed by atoms with Crippen LogP contribution in [0.5, 0.6) is 11.5 Å². The molecule has 8 nitrogen and oxygen atoms in total. The van der Waals surface area contributed by atoms with Crippen molar-refractivity contribution in [2.75, 3.05) is 24.1 Å². The lowest BCUT2D eigenvalue weighted by Crippen LogP contribution is -2.29. The Labute approximate surface area is 266 Å². The molecule has 0 spiro atoms. The third-order valence-corrected chi connectivity index (χ3v) is 9.16. The van der Waals surface area contributed by atoms with Crippen molar-refractivity contribution in [2.24, 2.45) is 5.10 Å². The smallest absolute Gasteiger partial charge is 0.266 e. The number of carbonyl (C=O) groups is 2. The molecule has 7 rings (SSSR count). The van der Waals surface area contributed by atoms with Gasteiger partial charge in [0, 0.05) is 17.4 Å². The number of rotatable bonds is 7. The molecule has 0 radical (unpaired) electrons. The lowest BCUT2D eigenvalue weighted by atomic mass is 10.0. The summed E-state index contributed by atoms with van der Waals surface area (Å²) < 4.78 is 11.0. The van der Waals surface area contributed by atoms with E-state index < -0.39 is 0 Å². The second kappa shape index (κ2) is 11.8. The van der Waals surface area contributed by atoms with Gasteiger partial charge >= 0.3 is 0 Å². The molecule has 2 amide bonds. The maximum absolute atomic E-state index is 12.9. The molecule has 0 saturated carbocycles. The number of methoxy groups -OCH3 is 2. The summed E-state index contributed by atoms with van der Waals surface area (Å²) in [6.07, 6.45) is 0.722. The van der Waals surface area contributed by atoms with Crippen LogP contribution >= 0.6 is 39.7 Å². The number of benzene rings is 3. The lowest BCUT2D eigenvalue weighted by Gasteiger charge is -2.22. The summed E-state index contributed by atoms with van der Waals surface area (Å²) >= 11 is 3.18. The van der Waals surface area contributed by atoms with E-state index in [1.807, 2.05) is 46.8 Å². The molecule has 5 aromatic rings. The van der Waals surface area contributed by atoms with E-state index in [9.17, 15) is 9.59 Å². The number of hydrogen-bond acceptors (Lipinski definition) is 9. The van der Waals surface area contributed by atoms with Crippen LogP contribution in [0.3, 0.4) is 0 Å². The van der Waals surface area contributed by atoms with E-state index in [2.05, 4.69) is 11.4 Å². The van der Waals surface area contributed by atoms with Crippen LogP contribution in [0.25, 0.3) is 11.3 Å². The normalized spacial score (nSPS) is 15.8. The Kier molecular flexibility index (Phi) is 7.87. The first-order valence-corrected chi connectivity index (χ1v) is 15.0. The maximum atomic E-state index is 12.9. The Bertz CT molecular complexity index is 1820. The molecule has 4 heterocycles. The van der Waals surface area contributed by atoms with Gasteiger partial charge in [-0.15, -0.1) is 39.7 Å². The summed E-state index contributed by atoms with van der Waals surface area (Å²) in [7, 11) is 3.26. The van der Waals surface area contributed by atoms with Crippen LogP contribution in [0.4, 0.5) is 10.8 Å². The molecule has 11 heteroatoms. The van der Waals surface area contributed by atoms with Crippen molar-refractivity contribution >= 4 is 68.0 Å². The van der Waals surface area contributed by atoms with Gasteiger partial charge in [-0.05, 0) is 53.4 Å². The predicted molar refractivity (Wildman–Crippen MR) is 176 cm³/mol. The van der Waals surface area contributed by atoms with Gasteiger partial charge in [-0.2, -0.15) is 5.10 Å². The number of hydrogen-bond donors (Lipinski definition) is 0. The maximum Gasteiger partial charge on any atom is 0.266 e. The van der Waals surface area contributed by atoms with Gasteiger partial charge in [0.15, 0.2) is 11.5 Å². The topological polar surface area (TPSA) is 84.3 Å². The summed E-state index contributed by atoms with van der Waals surface area (Å²) in [5.41, 5.74) is 5.09. The van der Waals surface area contributed by atoms with E-state index in [0.29, 0.717) is 28.3 Å². The molecule has 0 fully saturated rings. The van der Waals surface area contributed by atoms with Crippen molar-refractivity contribution in [3.63, 3.8) is 0 Å². The molecule has 43 heavy (non-hydrogen) atoms. The highest BCUT2D eigenvalue weighted by molar-refractivity contribution is 8.93. The number of aromatic nitrogens is 1. The van der Waals surface area contributed by atoms with Crippen molar-refractivity contribution in [2.45, 2.75) is 12.5 Å². The first-order chi connectivity index (χ1) is 20.6. The third-order valence-electron chi connectivity index (χ3n) is 7.41. The van der Waals surface area contributed by atoms with Crippen LogP contribution in [0, 0.1) is 0 Å². The minimum Gasteiger partial charge on any atom is -0.493 e. The zero-order valence-electron chi connectivity index (χ0n) is 23.1. The van der Waals surface area contributed by atoms with Gasteiger partial charge in [0.1, 0.15) is 0 Å². The Morgan fingerprint density at radius 1 is 0.837 bits per heavy atom. The SMILES string of the molecule is Br.COc1ccc(C2CC(c3cccs3)=NN2c2nc(-c3ccc(N4C(=O)c5ccccc5C4=O)cc3)cs2)cc1OC. The molecule has 1 atom stereocenters. The Balaban J connectivity index is 0.00000329. The number of thiazole rings is 1. The van der Waals surface area contributed by atoms with Crippen LogP contribution in [-0.2, 0) is 0 Å². The average molecular weight is 674 g/mol. The van der Waals surface area contributed by atoms with Gasteiger partial charge in [-0.3, -0.25) is 9.59 Å². The standard InChI is InChI=1S/C32H24N4O4S2.BrH/c1-39-27-14-11-20(16-28(27)40-2)26-17-24(29-8-5-15-41-29)34-36(26)32-33-25(18-42-32)19-9-12-21(13-10-19)35-30(37)22-6-3-4-7-23(22)31(35)38;/h3-16,18,26H,17H2,1-2H3;1H. The first-order valence-electron chi connectivity index (χ1n) is 13.2. The molecule has 0 N–H and O–H groups in total. The van der Waals surface area contributed by atoms with Gasteiger partial charge in [0.2, 0.25) is 5.13 Å². The minimum atomic E-state index is -0.311. The lowest BCUT2D eigenvalue weighted by molar-refractivity contribution is 0.0926. The predicted octanol–water partition coefficient (Wildman–Crippen LogP) is 7.62. The van der Waals surface area contributed by atoms with E-state index >= 15 is 0 Å². The molecule has 3 aromatic carbocycles. The number of nitrogens with zero attached hydrogens (tertiary/aromatic N) is 4. The van der Waals surface area contributed by atoms with E-state index in [1.54, 1.807) is 62.0 Å². The number of halogens is 1. The molecular formula is C32H25BrN4O4S2. The second-order valence-electron chi connectivity index (χ2n) is 9.76. The van der Waals surface area contributed by atoms with E-state index in [0.717, 1.165) is 39.0 Å². The summed E-state index contributed by atoms with van der Waals surface area (Å²) in [6.45, 7) is 0. The highest BCUT2D eigenvalue weighted by Gasteiger charge is 2.36. The Morgan fingerprint density at radius 3 is 2.21 bits per heavy atom. The van der Waals surface area contributed by atoms with E-state index in [-0.39, 0.29) is 34.8 Å². The van der Waals surface area contributed by atoms with Crippen molar-refractivity contribution in [1.29, 1.82) is 0 Å². The van der Waals surface area contributed by atoms with Gasteiger partial charge in [-0.25, -0.2) is 14.9 Å². The highest BCUT2D eigenvalue weighted by atomic mass is 79.9. The van der Waals surface area contributed by atoms with Crippen LogP contribution in [0.1, 0.15) is 43.6 Å². The Morgan fingerprint density at radius 2 is 1.56 bits per heavy atom. The van der Waals surface area contributed by atoms with Crippen LogP contribution in [0.15, 0.2) is 94.7 Å². The summed E-state index contributed by atoms with van der Waals surface area (Å²) in [5.74, 6) is 0.715. The monoisotopic (exact) mass is 672 g/mol. The van der Waals surface area contributed by atoms with Crippen molar-refractivity contribution in [3.8, 4) is 22.8 Å². The van der Waals surface area contributed by atoms with Crippen LogP contribution in [-0.4, -0.2) is 36.7 Å². The zero-order chi connectivity index (χ0) is 28.8. The number of ether oxygens (including phenoxy) is 2. The molecule has 2 aromatic heterocycles. The summed E-state index contributed by atoms with van der Waals surface area (Å²) in [6, 6.07) is 24.2. The fraction of sp³-hybridized carbons (Fsp3) is 0.125. The molecule has 0 aliphatic carbocycles. The zero-order valence-corrected chi connectivity index (χ0v) is 26.4. The first kappa shape index (κ1) is 28.8. The fourth-order valence-corrected chi connectivity index (χ4v) is 6.86. The van der Waals surface area contributed by atoms with E-state index in [1.165, 1.54) is 16.2 Å². The number of fused-ring (bicyclic) bond motifs is 1.